The van der Waals surface area contributed by atoms with E-state index in [1.807, 2.05) is 0 Å². The summed E-state index contributed by atoms with van der Waals surface area (Å²) in [5, 5.41) is 9.51. The lowest BCUT2D eigenvalue weighted by Gasteiger charge is -2.15. The molecule has 0 aliphatic carbocycles. The maximum absolute atomic E-state index is 12.1. The number of aliphatic hydroxyl groups is 1. The fraction of sp³-hybridized carbons (Fsp3) is 0.800. The molecule has 0 aromatic rings. The maximum Gasteiger partial charge on any atom is 0.306 e. The Balaban J connectivity index is 3.49. The van der Waals surface area contributed by atoms with Crippen LogP contribution in [0.15, 0.2) is 36.5 Å². The van der Waals surface area contributed by atoms with Gasteiger partial charge >= 0.3 is 5.97 Å². The molecule has 4 nitrogen and oxygen atoms in total. The fourth-order valence-electron chi connectivity index (χ4n) is 4.52. The van der Waals surface area contributed by atoms with Gasteiger partial charge in [0.2, 0.25) is 0 Å². The summed E-state index contributed by atoms with van der Waals surface area (Å²) in [5.74, 6) is -0.218. The van der Waals surface area contributed by atoms with E-state index in [1.165, 1.54) is 83.5 Å². The van der Waals surface area contributed by atoms with Crippen molar-refractivity contribution < 1.29 is 19.4 Å². The van der Waals surface area contributed by atoms with Gasteiger partial charge in [-0.25, -0.2) is 0 Å². The molecule has 0 heterocycles. The molecule has 0 aromatic carbocycles. The van der Waals surface area contributed by atoms with Gasteiger partial charge in [-0.1, -0.05) is 140 Å². The molecule has 1 unspecified atom stereocenters. The van der Waals surface area contributed by atoms with Crippen molar-refractivity contribution >= 4 is 5.97 Å². The second-order valence-electron chi connectivity index (χ2n) is 10.9. The third-order valence-electron chi connectivity index (χ3n) is 6.98. The van der Waals surface area contributed by atoms with Gasteiger partial charge in [-0.3, -0.25) is 4.79 Å². The van der Waals surface area contributed by atoms with Crippen molar-refractivity contribution in [1.82, 2.24) is 0 Å². The Morgan fingerprint density at radius 2 is 1.15 bits per heavy atom. The second kappa shape index (κ2) is 32.8. The van der Waals surface area contributed by atoms with Gasteiger partial charge in [-0.05, 0) is 44.9 Å². The minimum Gasteiger partial charge on any atom is -0.457 e. The number of allylic oxidation sites excluding steroid dienone is 6. The van der Waals surface area contributed by atoms with Crippen LogP contribution in [0.5, 0.6) is 0 Å². The summed E-state index contributed by atoms with van der Waals surface area (Å²) >= 11 is 0. The average molecular weight is 549 g/mol. The number of rotatable bonds is 30. The standard InChI is InChI=1S/C35H64O4/c1-3-5-7-9-11-13-15-17-18-19-20-22-24-26-28-30-35(37)39-34(32-36)33-38-31-29-27-25-23-21-16-14-12-10-8-6-4-2/h5,7,11,13,17-18,34,36H,3-4,6,8-10,12,14-16,19-33H2,1-2H3/b7-5-,13-11-,18-17-. The van der Waals surface area contributed by atoms with Crippen molar-refractivity contribution in [3.63, 3.8) is 0 Å². The molecule has 4 heteroatoms. The molecular formula is C35H64O4. The van der Waals surface area contributed by atoms with Gasteiger partial charge < -0.3 is 14.6 Å². The summed E-state index contributed by atoms with van der Waals surface area (Å²) in [6.07, 6.45) is 38.8. The molecule has 39 heavy (non-hydrogen) atoms. The smallest absolute Gasteiger partial charge is 0.306 e. The lowest BCUT2D eigenvalue weighted by atomic mass is 10.1. The zero-order valence-corrected chi connectivity index (χ0v) is 25.9. The van der Waals surface area contributed by atoms with Crippen LogP contribution in [0, 0.1) is 0 Å². The van der Waals surface area contributed by atoms with Gasteiger partial charge in [0.05, 0.1) is 13.2 Å². The Labute approximate surface area is 242 Å². The highest BCUT2D eigenvalue weighted by atomic mass is 16.6. The van der Waals surface area contributed by atoms with Crippen molar-refractivity contribution in [2.75, 3.05) is 19.8 Å². The predicted octanol–water partition coefficient (Wildman–Crippen LogP) is 10.2. The fourth-order valence-corrected chi connectivity index (χ4v) is 4.52. The van der Waals surface area contributed by atoms with Gasteiger partial charge in [-0.2, -0.15) is 0 Å². The minimum atomic E-state index is -0.538. The lowest BCUT2D eigenvalue weighted by Crippen LogP contribution is -2.27. The average Bonchev–Trinajstić information content (AvgIpc) is 2.94. The third kappa shape index (κ3) is 31.0. The number of ether oxygens (including phenoxy) is 2. The molecule has 0 saturated heterocycles. The van der Waals surface area contributed by atoms with Crippen LogP contribution < -0.4 is 0 Å². The number of unbranched alkanes of at least 4 members (excludes halogenated alkanes) is 16. The summed E-state index contributed by atoms with van der Waals surface area (Å²) in [4.78, 5) is 12.1. The lowest BCUT2D eigenvalue weighted by molar-refractivity contribution is -0.154. The summed E-state index contributed by atoms with van der Waals surface area (Å²) < 4.78 is 11.1. The van der Waals surface area contributed by atoms with E-state index in [-0.39, 0.29) is 12.6 Å². The Bertz CT molecular complexity index is 581. The first-order chi connectivity index (χ1) is 19.2. The molecule has 0 aromatic heterocycles. The van der Waals surface area contributed by atoms with Crippen LogP contribution in [-0.2, 0) is 14.3 Å². The van der Waals surface area contributed by atoms with E-state index < -0.39 is 6.10 Å². The highest BCUT2D eigenvalue weighted by Crippen LogP contribution is 2.12. The summed E-state index contributed by atoms with van der Waals surface area (Å²) in [7, 11) is 0. The SMILES string of the molecule is CC/C=C\C/C=C\C/C=C\CCCCCCCC(=O)OC(CO)COCCCCCCCCCCCCCC. The molecule has 0 spiro atoms. The number of aliphatic hydroxyl groups excluding tert-OH is 1. The normalized spacial score (nSPS) is 12.8. The second-order valence-corrected chi connectivity index (χ2v) is 10.9. The van der Waals surface area contributed by atoms with Crippen LogP contribution in [0.3, 0.4) is 0 Å². The zero-order valence-electron chi connectivity index (χ0n) is 25.9. The zero-order chi connectivity index (χ0) is 28.5. The molecule has 0 fully saturated rings. The Morgan fingerprint density at radius 3 is 1.74 bits per heavy atom. The molecule has 0 bridgehead atoms. The van der Waals surface area contributed by atoms with E-state index in [9.17, 15) is 9.90 Å². The number of carbonyl (C=O) groups is 1. The Hall–Kier alpha value is -1.39. The first-order valence-corrected chi connectivity index (χ1v) is 16.6. The highest BCUT2D eigenvalue weighted by Gasteiger charge is 2.13. The third-order valence-corrected chi connectivity index (χ3v) is 6.98. The quantitative estimate of drug-likeness (QED) is 0.0551. The van der Waals surface area contributed by atoms with Gasteiger partial charge in [-0.15, -0.1) is 0 Å². The number of hydrogen-bond donors (Lipinski definition) is 1. The van der Waals surface area contributed by atoms with Gasteiger partial charge in [0.25, 0.3) is 0 Å². The first-order valence-electron chi connectivity index (χ1n) is 16.6. The molecule has 0 saturated carbocycles. The molecule has 0 aliphatic rings. The maximum atomic E-state index is 12.1. The number of carbonyl (C=O) groups excluding carboxylic acids is 1. The Morgan fingerprint density at radius 1 is 0.641 bits per heavy atom. The summed E-state index contributed by atoms with van der Waals surface area (Å²) in [6.45, 7) is 5.21. The van der Waals surface area contributed by atoms with Crippen molar-refractivity contribution in [2.24, 2.45) is 0 Å². The van der Waals surface area contributed by atoms with Crippen molar-refractivity contribution in [3.8, 4) is 0 Å². The van der Waals surface area contributed by atoms with E-state index >= 15 is 0 Å². The predicted molar refractivity (Wildman–Crippen MR) is 168 cm³/mol. The highest BCUT2D eigenvalue weighted by molar-refractivity contribution is 5.69. The molecule has 0 amide bonds. The molecule has 228 valence electrons. The molecular weight excluding hydrogens is 484 g/mol. The number of hydrogen-bond acceptors (Lipinski definition) is 4. The minimum absolute atomic E-state index is 0.177. The van der Waals surface area contributed by atoms with Crippen molar-refractivity contribution in [3.05, 3.63) is 36.5 Å². The van der Waals surface area contributed by atoms with E-state index in [2.05, 4.69) is 50.3 Å². The van der Waals surface area contributed by atoms with Gasteiger partial charge in [0, 0.05) is 13.0 Å². The summed E-state index contributed by atoms with van der Waals surface area (Å²) in [5.41, 5.74) is 0. The van der Waals surface area contributed by atoms with Crippen LogP contribution in [0.25, 0.3) is 0 Å². The van der Waals surface area contributed by atoms with E-state index in [0.717, 1.165) is 51.4 Å². The largest absolute Gasteiger partial charge is 0.457 e. The van der Waals surface area contributed by atoms with Crippen molar-refractivity contribution in [2.45, 2.75) is 161 Å². The molecule has 0 aliphatic heterocycles. The van der Waals surface area contributed by atoms with E-state index in [1.54, 1.807) is 0 Å². The topological polar surface area (TPSA) is 55.8 Å². The van der Waals surface area contributed by atoms with Crippen LogP contribution in [0.4, 0.5) is 0 Å². The van der Waals surface area contributed by atoms with E-state index in [4.69, 9.17) is 9.47 Å². The van der Waals surface area contributed by atoms with Gasteiger partial charge in [0.1, 0.15) is 6.10 Å². The van der Waals surface area contributed by atoms with Crippen LogP contribution >= 0.6 is 0 Å². The monoisotopic (exact) mass is 548 g/mol. The first kappa shape index (κ1) is 37.6. The van der Waals surface area contributed by atoms with Crippen LogP contribution in [0.1, 0.15) is 155 Å². The Kier molecular flexibility index (Phi) is 31.7. The molecule has 1 atom stereocenters. The summed E-state index contributed by atoms with van der Waals surface area (Å²) in [6, 6.07) is 0. The number of esters is 1. The molecule has 0 rings (SSSR count). The molecule has 1 N–H and O–H groups in total. The molecule has 0 radical (unpaired) electrons. The van der Waals surface area contributed by atoms with Crippen molar-refractivity contribution in [1.29, 1.82) is 0 Å². The van der Waals surface area contributed by atoms with Gasteiger partial charge in [0.15, 0.2) is 0 Å². The van der Waals surface area contributed by atoms with Crippen LogP contribution in [-0.4, -0.2) is 37.0 Å². The van der Waals surface area contributed by atoms with Crippen LogP contribution in [0.2, 0.25) is 0 Å². The van der Waals surface area contributed by atoms with E-state index in [0.29, 0.717) is 19.6 Å².